The predicted octanol–water partition coefficient (Wildman–Crippen LogP) is 3.33. The maximum atomic E-state index is 11.8. The third-order valence-electron chi connectivity index (χ3n) is 3.50. The van der Waals surface area contributed by atoms with Crippen LogP contribution in [0.1, 0.15) is 38.2 Å². The second-order valence-corrected chi connectivity index (χ2v) is 8.33. The number of carbonyl (C=O) groups is 1. The van der Waals surface area contributed by atoms with Crippen molar-refractivity contribution in [3.05, 3.63) is 29.8 Å². The van der Waals surface area contributed by atoms with E-state index in [-0.39, 0.29) is 5.97 Å². The Morgan fingerprint density at radius 1 is 1.25 bits per heavy atom. The highest BCUT2D eigenvalue weighted by Gasteiger charge is 2.26. The lowest BCUT2D eigenvalue weighted by Crippen LogP contribution is -2.29. The molecule has 1 fully saturated rings. The minimum absolute atomic E-state index is 0.245. The van der Waals surface area contributed by atoms with Gasteiger partial charge in [0.1, 0.15) is 9.17 Å². The number of rotatable bonds is 3. The molecule has 0 bridgehead atoms. The molecular weight excluding hydrogens is 369 g/mol. The van der Waals surface area contributed by atoms with Gasteiger partial charge < -0.3 is 4.74 Å². The Bertz CT molecular complexity index is 459. The molecule has 0 aromatic heterocycles. The van der Waals surface area contributed by atoms with Gasteiger partial charge in [-0.15, -0.1) is 5.21 Å². The summed E-state index contributed by atoms with van der Waals surface area (Å²) in [6.07, 6.45) is 1.78. The van der Waals surface area contributed by atoms with E-state index in [0.717, 1.165) is 17.9 Å². The van der Waals surface area contributed by atoms with E-state index in [4.69, 9.17) is 4.74 Å². The molecule has 0 aliphatic carbocycles. The third kappa shape index (κ3) is 4.17. The second-order valence-electron chi connectivity index (χ2n) is 5.63. The van der Waals surface area contributed by atoms with Crippen LogP contribution in [0.3, 0.4) is 0 Å². The van der Waals surface area contributed by atoms with Gasteiger partial charge in [0, 0.05) is 13.1 Å². The maximum absolute atomic E-state index is 11.8. The zero-order valence-corrected chi connectivity index (χ0v) is 13.9. The molecule has 0 N–H and O–H groups in total. The zero-order chi connectivity index (χ0) is 14.8. The summed E-state index contributed by atoms with van der Waals surface area (Å²) >= 11 is 2.06. The summed E-state index contributed by atoms with van der Waals surface area (Å²) in [5, 5.41) is 12.3. The highest BCUT2D eigenvalue weighted by Crippen LogP contribution is 2.29. The van der Waals surface area contributed by atoms with Crippen LogP contribution in [0.4, 0.5) is 0 Å². The van der Waals surface area contributed by atoms with Crippen molar-refractivity contribution in [2.24, 2.45) is 0 Å². The van der Waals surface area contributed by atoms with E-state index in [9.17, 15) is 10.0 Å². The largest absolute Gasteiger partial charge is 0.426 e. The molecule has 1 heterocycles. The molecule has 1 aromatic rings. The lowest BCUT2D eigenvalue weighted by Gasteiger charge is -2.26. The van der Waals surface area contributed by atoms with Crippen molar-refractivity contribution in [3.8, 4) is 5.75 Å². The Morgan fingerprint density at radius 3 is 2.30 bits per heavy atom. The van der Waals surface area contributed by atoms with E-state index in [1.165, 1.54) is 5.56 Å². The van der Waals surface area contributed by atoms with Crippen LogP contribution in [-0.4, -0.2) is 27.5 Å². The molecule has 0 saturated carbocycles. The van der Waals surface area contributed by atoms with E-state index >= 15 is 0 Å². The Kier molecular flexibility index (Phi) is 5.04. The molecule has 1 radical (unpaired) electrons. The minimum atomic E-state index is -0.530. The van der Waals surface area contributed by atoms with Crippen LogP contribution in [0, 0.1) is 0 Å². The number of alkyl halides is 1. The Morgan fingerprint density at radius 2 is 1.80 bits per heavy atom. The van der Waals surface area contributed by atoms with Crippen molar-refractivity contribution in [1.82, 2.24) is 5.06 Å². The van der Waals surface area contributed by atoms with Gasteiger partial charge in [-0.2, -0.15) is 5.06 Å². The summed E-state index contributed by atoms with van der Waals surface area (Å²) in [5.74, 6) is 0.765. The Labute approximate surface area is 133 Å². The maximum Gasteiger partial charge on any atom is 0.326 e. The highest BCUT2D eigenvalue weighted by molar-refractivity contribution is 14.1. The summed E-state index contributed by atoms with van der Waals surface area (Å²) in [6, 6.07) is 7.65. The molecule has 1 aliphatic heterocycles. The number of hydrogen-bond acceptors (Lipinski definition) is 3. The van der Waals surface area contributed by atoms with E-state index in [1.54, 1.807) is 0 Å². The molecule has 1 saturated heterocycles. The van der Waals surface area contributed by atoms with Gasteiger partial charge in [0.25, 0.3) is 0 Å². The van der Waals surface area contributed by atoms with E-state index in [2.05, 4.69) is 22.6 Å². The zero-order valence-electron chi connectivity index (χ0n) is 11.8. The third-order valence-corrected chi connectivity index (χ3v) is 3.94. The van der Waals surface area contributed by atoms with Gasteiger partial charge in [0.15, 0.2) is 0 Å². The molecule has 5 heteroatoms. The van der Waals surface area contributed by atoms with Crippen molar-refractivity contribution < 1.29 is 14.7 Å². The van der Waals surface area contributed by atoms with Crippen molar-refractivity contribution in [2.75, 3.05) is 13.1 Å². The average molecular weight is 388 g/mol. The molecule has 109 valence electrons. The first kappa shape index (κ1) is 15.7. The fraction of sp³-hybridized carbons (Fsp3) is 0.533. The van der Waals surface area contributed by atoms with Gasteiger partial charge in [0.05, 0.1) is 0 Å². The normalized spacial score (nSPS) is 18.0. The lowest BCUT2D eigenvalue weighted by molar-refractivity contribution is -0.168. The predicted molar refractivity (Wildman–Crippen MR) is 84.4 cm³/mol. The molecule has 0 amide bonds. The number of hydrogen-bond donors (Lipinski definition) is 0. The number of benzene rings is 1. The molecule has 20 heavy (non-hydrogen) atoms. The number of ether oxygens (including phenoxy) is 1. The number of halogens is 1. The average Bonchev–Trinajstić information content (AvgIpc) is 2.39. The standard InChI is InChI=1S/C15H19INO3/c1-15(2,16)14(18)20-13-5-3-11(4-6-13)12-7-9-17(19)10-8-12/h3-6,12H,7-10H2,1-2H3. The van der Waals surface area contributed by atoms with Crippen LogP contribution in [0.15, 0.2) is 24.3 Å². The van der Waals surface area contributed by atoms with Gasteiger partial charge in [-0.25, -0.2) is 0 Å². The van der Waals surface area contributed by atoms with Crippen LogP contribution < -0.4 is 4.74 Å². The molecule has 0 unspecified atom stereocenters. The van der Waals surface area contributed by atoms with Gasteiger partial charge in [-0.3, -0.25) is 4.79 Å². The quantitative estimate of drug-likeness (QED) is 0.346. The van der Waals surface area contributed by atoms with Crippen molar-refractivity contribution >= 4 is 28.6 Å². The summed E-state index contributed by atoms with van der Waals surface area (Å²) in [7, 11) is 0. The summed E-state index contributed by atoms with van der Waals surface area (Å²) in [6.45, 7) is 4.84. The number of nitrogens with zero attached hydrogens (tertiary/aromatic N) is 1. The van der Waals surface area contributed by atoms with E-state index in [0.29, 0.717) is 24.8 Å². The molecule has 4 nitrogen and oxygen atoms in total. The van der Waals surface area contributed by atoms with Crippen molar-refractivity contribution in [3.63, 3.8) is 0 Å². The van der Waals surface area contributed by atoms with Crippen LogP contribution in [0.2, 0.25) is 0 Å². The lowest BCUT2D eigenvalue weighted by atomic mass is 9.90. The van der Waals surface area contributed by atoms with Crippen LogP contribution >= 0.6 is 22.6 Å². The number of carbonyl (C=O) groups excluding carboxylic acids is 1. The Balaban J connectivity index is 1.98. The first-order valence-electron chi connectivity index (χ1n) is 6.79. The molecule has 1 aromatic carbocycles. The second kappa shape index (κ2) is 6.41. The minimum Gasteiger partial charge on any atom is -0.426 e. The smallest absolute Gasteiger partial charge is 0.326 e. The van der Waals surface area contributed by atoms with Crippen LogP contribution in [0.5, 0.6) is 5.75 Å². The SMILES string of the molecule is CC(C)(I)C(=O)Oc1ccc(C2CCN([O])CC2)cc1. The molecule has 0 spiro atoms. The first-order chi connectivity index (χ1) is 9.36. The van der Waals surface area contributed by atoms with Crippen molar-refractivity contribution in [2.45, 2.75) is 36.0 Å². The fourth-order valence-electron chi connectivity index (χ4n) is 2.23. The van der Waals surface area contributed by atoms with Crippen LogP contribution in [-0.2, 0) is 10.0 Å². The van der Waals surface area contributed by atoms with E-state index < -0.39 is 3.42 Å². The van der Waals surface area contributed by atoms with E-state index in [1.807, 2.05) is 38.1 Å². The number of hydroxylamine groups is 2. The number of piperidine rings is 1. The Hall–Kier alpha value is -0.660. The van der Waals surface area contributed by atoms with Gasteiger partial charge in [-0.05, 0) is 50.3 Å². The fourth-order valence-corrected chi connectivity index (χ4v) is 2.34. The number of esters is 1. The molecule has 1 aliphatic rings. The molecule has 0 atom stereocenters. The molecule has 2 rings (SSSR count). The van der Waals surface area contributed by atoms with Crippen molar-refractivity contribution in [1.29, 1.82) is 0 Å². The summed E-state index contributed by atoms with van der Waals surface area (Å²) in [4.78, 5) is 11.8. The summed E-state index contributed by atoms with van der Waals surface area (Å²) < 4.78 is 4.80. The monoisotopic (exact) mass is 388 g/mol. The first-order valence-corrected chi connectivity index (χ1v) is 7.87. The topological polar surface area (TPSA) is 49.4 Å². The van der Waals surface area contributed by atoms with Gasteiger partial charge in [0.2, 0.25) is 0 Å². The van der Waals surface area contributed by atoms with Crippen LogP contribution in [0.25, 0.3) is 0 Å². The van der Waals surface area contributed by atoms with Gasteiger partial charge in [-0.1, -0.05) is 34.7 Å². The highest BCUT2D eigenvalue weighted by atomic mass is 127. The van der Waals surface area contributed by atoms with Gasteiger partial charge >= 0.3 is 5.97 Å². The molecular formula is C15H19INO3. The summed E-state index contributed by atoms with van der Waals surface area (Å²) in [5.41, 5.74) is 1.21.